The number of methoxy groups -OCH3 is 3. The van der Waals surface area contributed by atoms with Gasteiger partial charge in [-0.2, -0.15) is 10.3 Å². The van der Waals surface area contributed by atoms with Crippen molar-refractivity contribution in [2.75, 3.05) is 21.3 Å². The van der Waals surface area contributed by atoms with Crippen molar-refractivity contribution in [1.29, 1.82) is 0 Å². The van der Waals surface area contributed by atoms with E-state index in [0.29, 0.717) is 35.2 Å². The highest BCUT2D eigenvalue weighted by Crippen LogP contribution is 2.47. The molecule has 1 atom stereocenters. The summed E-state index contributed by atoms with van der Waals surface area (Å²) >= 11 is 0. The van der Waals surface area contributed by atoms with Crippen molar-refractivity contribution in [3.63, 3.8) is 0 Å². The molecule has 0 bridgehead atoms. The summed E-state index contributed by atoms with van der Waals surface area (Å²) < 4.78 is 16.8. The lowest BCUT2D eigenvalue weighted by Crippen LogP contribution is -2.30. The number of fused-ring (bicyclic) bond motifs is 1. The standard InChI is InChI=1S/C23H22N6O3/c1-30-18-11-15(12-19(31-2)21(18)32-3)23(14-7-5-4-6-8-14)10-9-16-17(13-23)24-25-20(16)22-26-28-29-27-22/h4-12H,13H2,1-3H3,(H,24,25)(H,26,27,28,29). The third kappa shape index (κ3) is 3.01. The SMILES string of the molecule is COc1cc(C2(c3ccccc3)C=Cc3c(-c4nn[nH]n4)n[nH]c3C2)cc(OC)c1OC. The summed E-state index contributed by atoms with van der Waals surface area (Å²) in [6.45, 7) is 0. The number of tetrazole rings is 1. The van der Waals surface area contributed by atoms with Gasteiger partial charge >= 0.3 is 0 Å². The van der Waals surface area contributed by atoms with Crippen LogP contribution in [0.25, 0.3) is 17.6 Å². The van der Waals surface area contributed by atoms with Crippen LogP contribution >= 0.6 is 0 Å². The largest absolute Gasteiger partial charge is 0.493 e. The number of nitrogens with zero attached hydrogens (tertiary/aromatic N) is 4. The molecule has 2 aromatic heterocycles. The predicted octanol–water partition coefficient (Wildman–Crippen LogP) is 3.17. The molecule has 0 saturated carbocycles. The van der Waals surface area contributed by atoms with Crippen LogP contribution < -0.4 is 14.2 Å². The van der Waals surface area contributed by atoms with E-state index in [1.807, 2.05) is 30.3 Å². The Balaban J connectivity index is 1.70. The normalized spacial score (nSPS) is 17.1. The number of aromatic amines is 2. The minimum Gasteiger partial charge on any atom is -0.493 e. The van der Waals surface area contributed by atoms with Crippen LogP contribution in [-0.2, 0) is 11.8 Å². The van der Waals surface area contributed by atoms with Crippen LogP contribution in [0.2, 0.25) is 0 Å². The van der Waals surface area contributed by atoms with E-state index in [2.05, 4.69) is 55.1 Å². The lowest BCUT2D eigenvalue weighted by Gasteiger charge is -2.35. The van der Waals surface area contributed by atoms with E-state index >= 15 is 0 Å². The first-order valence-electron chi connectivity index (χ1n) is 10.1. The van der Waals surface area contributed by atoms with Gasteiger partial charge in [0.05, 0.1) is 21.3 Å². The molecule has 1 aliphatic carbocycles. The number of H-pyrrole nitrogens is 2. The molecule has 2 aromatic carbocycles. The van der Waals surface area contributed by atoms with Crippen LogP contribution in [0.1, 0.15) is 22.4 Å². The van der Waals surface area contributed by atoms with Gasteiger partial charge in [-0.1, -0.05) is 42.5 Å². The van der Waals surface area contributed by atoms with Crippen molar-refractivity contribution < 1.29 is 14.2 Å². The van der Waals surface area contributed by atoms with Crippen molar-refractivity contribution in [1.82, 2.24) is 30.8 Å². The molecular formula is C23H22N6O3. The van der Waals surface area contributed by atoms with Gasteiger partial charge in [0.2, 0.25) is 11.6 Å². The number of hydrogen-bond acceptors (Lipinski definition) is 7. The van der Waals surface area contributed by atoms with E-state index < -0.39 is 5.41 Å². The molecule has 0 spiro atoms. The highest BCUT2D eigenvalue weighted by atomic mass is 16.5. The van der Waals surface area contributed by atoms with E-state index in [1.165, 1.54) is 0 Å². The fraction of sp³-hybridized carbons (Fsp3) is 0.217. The number of allylic oxidation sites excluding steroid dienone is 1. The molecule has 0 amide bonds. The summed E-state index contributed by atoms with van der Waals surface area (Å²) in [4.78, 5) is 0. The second-order valence-electron chi connectivity index (χ2n) is 7.46. The van der Waals surface area contributed by atoms with Gasteiger partial charge in [-0.05, 0) is 28.5 Å². The molecule has 162 valence electrons. The third-order valence-corrected chi connectivity index (χ3v) is 5.90. The number of rotatable bonds is 6. The van der Waals surface area contributed by atoms with Gasteiger partial charge < -0.3 is 14.2 Å². The maximum absolute atomic E-state index is 5.64. The van der Waals surface area contributed by atoms with E-state index in [9.17, 15) is 0 Å². The number of nitrogens with one attached hydrogen (secondary N) is 2. The average Bonchev–Trinajstić information content (AvgIpc) is 3.52. The zero-order valence-corrected chi connectivity index (χ0v) is 17.9. The molecule has 0 radical (unpaired) electrons. The molecule has 0 aliphatic heterocycles. The van der Waals surface area contributed by atoms with Gasteiger partial charge in [-0.25, -0.2) is 0 Å². The second-order valence-corrected chi connectivity index (χ2v) is 7.46. The molecule has 2 N–H and O–H groups in total. The average molecular weight is 430 g/mol. The Morgan fingerprint density at radius 2 is 1.66 bits per heavy atom. The minimum absolute atomic E-state index is 0.451. The predicted molar refractivity (Wildman–Crippen MR) is 118 cm³/mol. The number of hydrogen-bond donors (Lipinski definition) is 2. The molecular weight excluding hydrogens is 408 g/mol. The number of benzene rings is 2. The molecule has 9 nitrogen and oxygen atoms in total. The van der Waals surface area contributed by atoms with Crippen molar-refractivity contribution in [3.8, 4) is 28.8 Å². The van der Waals surface area contributed by atoms with Gasteiger partial charge in [0.1, 0.15) is 5.69 Å². The third-order valence-electron chi connectivity index (χ3n) is 5.90. The van der Waals surface area contributed by atoms with Crippen LogP contribution in [0, 0.1) is 0 Å². The van der Waals surface area contributed by atoms with E-state index in [1.54, 1.807) is 21.3 Å². The Bertz CT molecular complexity index is 1240. The quantitative estimate of drug-likeness (QED) is 0.483. The summed E-state index contributed by atoms with van der Waals surface area (Å²) in [5, 5.41) is 21.9. The zero-order chi connectivity index (χ0) is 22.1. The fourth-order valence-electron chi connectivity index (χ4n) is 4.33. The van der Waals surface area contributed by atoms with Crippen LogP contribution in [0.5, 0.6) is 17.2 Å². The van der Waals surface area contributed by atoms with Gasteiger partial charge in [-0.3, -0.25) is 5.10 Å². The molecule has 4 aromatic rings. The minimum atomic E-state index is -0.484. The summed E-state index contributed by atoms with van der Waals surface area (Å²) in [7, 11) is 4.85. The maximum Gasteiger partial charge on any atom is 0.225 e. The first-order valence-corrected chi connectivity index (χ1v) is 10.1. The van der Waals surface area contributed by atoms with Crippen LogP contribution in [0.15, 0.2) is 48.5 Å². The van der Waals surface area contributed by atoms with Gasteiger partial charge in [0.15, 0.2) is 11.5 Å². The molecule has 2 heterocycles. The molecule has 5 rings (SSSR count). The Kier molecular flexibility index (Phi) is 4.85. The van der Waals surface area contributed by atoms with Crippen LogP contribution in [-0.4, -0.2) is 52.2 Å². The lowest BCUT2D eigenvalue weighted by atomic mass is 9.68. The first-order chi connectivity index (χ1) is 15.7. The van der Waals surface area contributed by atoms with E-state index in [-0.39, 0.29) is 0 Å². The Morgan fingerprint density at radius 3 is 2.28 bits per heavy atom. The molecule has 1 unspecified atom stereocenters. The van der Waals surface area contributed by atoms with Crippen LogP contribution in [0.3, 0.4) is 0 Å². The topological polar surface area (TPSA) is 111 Å². The van der Waals surface area contributed by atoms with Crippen molar-refractivity contribution in [2.24, 2.45) is 0 Å². The lowest BCUT2D eigenvalue weighted by molar-refractivity contribution is 0.323. The Morgan fingerprint density at radius 1 is 0.906 bits per heavy atom. The van der Waals surface area contributed by atoms with Crippen molar-refractivity contribution >= 4 is 6.08 Å². The number of aromatic nitrogens is 6. The fourth-order valence-corrected chi connectivity index (χ4v) is 4.33. The second kappa shape index (κ2) is 7.84. The Labute approximate surface area is 184 Å². The van der Waals surface area contributed by atoms with Gasteiger partial charge in [0.25, 0.3) is 0 Å². The maximum atomic E-state index is 5.64. The van der Waals surface area contributed by atoms with Crippen LogP contribution in [0.4, 0.5) is 0 Å². The van der Waals surface area contributed by atoms with E-state index in [0.717, 1.165) is 22.4 Å². The molecule has 32 heavy (non-hydrogen) atoms. The van der Waals surface area contributed by atoms with Gasteiger partial charge in [0, 0.05) is 23.1 Å². The highest BCUT2D eigenvalue weighted by Gasteiger charge is 2.38. The monoisotopic (exact) mass is 430 g/mol. The zero-order valence-electron chi connectivity index (χ0n) is 17.9. The Hall–Kier alpha value is -4.14. The smallest absolute Gasteiger partial charge is 0.225 e. The summed E-state index contributed by atoms with van der Waals surface area (Å²) in [5.74, 6) is 2.22. The van der Waals surface area contributed by atoms with Crippen molar-refractivity contribution in [2.45, 2.75) is 11.8 Å². The highest BCUT2D eigenvalue weighted by molar-refractivity contribution is 5.74. The van der Waals surface area contributed by atoms with Crippen molar-refractivity contribution in [3.05, 3.63) is 70.9 Å². The molecule has 1 aliphatic rings. The summed E-state index contributed by atoms with van der Waals surface area (Å²) in [5.41, 5.74) is 4.25. The van der Waals surface area contributed by atoms with E-state index in [4.69, 9.17) is 14.2 Å². The summed E-state index contributed by atoms with van der Waals surface area (Å²) in [6.07, 6.45) is 4.89. The molecule has 9 heteroatoms. The first kappa shape index (κ1) is 19.8. The molecule has 0 saturated heterocycles. The van der Waals surface area contributed by atoms with Gasteiger partial charge in [-0.15, -0.1) is 10.2 Å². The summed E-state index contributed by atoms with van der Waals surface area (Å²) in [6, 6.07) is 14.3. The number of ether oxygens (including phenoxy) is 3. The molecule has 0 fully saturated rings.